The summed E-state index contributed by atoms with van der Waals surface area (Å²) in [6, 6.07) is 32.9. The third-order valence-corrected chi connectivity index (χ3v) is 6.43. The Labute approximate surface area is 236 Å². The largest absolute Gasteiger partial charge is 0.493 e. The van der Waals surface area contributed by atoms with Gasteiger partial charge in [0.05, 0.1) is 7.11 Å². The molecule has 39 heavy (non-hydrogen) atoms. The van der Waals surface area contributed by atoms with E-state index in [2.05, 4.69) is 71.3 Å². The molecule has 6 nitrogen and oxygen atoms in total. The van der Waals surface area contributed by atoms with Gasteiger partial charge in [0.2, 0.25) is 0 Å². The summed E-state index contributed by atoms with van der Waals surface area (Å²) in [5.74, 6) is 2.21. The predicted octanol–water partition coefficient (Wildman–Crippen LogP) is 5.49. The molecule has 4 N–H and O–H groups in total. The number of ether oxygens (including phenoxy) is 3. The van der Waals surface area contributed by atoms with Crippen molar-refractivity contribution in [1.29, 1.82) is 0 Å². The molecule has 0 radical (unpaired) electrons. The lowest BCUT2D eigenvalue weighted by atomic mass is 10.0. The average Bonchev–Trinajstić information content (AvgIpc) is 2.99. The highest BCUT2D eigenvalue weighted by atomic mass is 32.1. The number of hydrogen-bond donors (Lipinski definition) is 3. The van der Waals surface area contributed by atoms with Crippen molar-refractivity contribution in [3.63, 3.8) is 0 Å². The molecule has 0 aliphatic carbocycles. The van der Waals surface area contributed by atoms with Crippen molar-refractivity contribution in [3.8, 4) is 28.4 Å². The summed E-state index contributed by atoms with van der Waals surface area (Å²) in [6.07, 6.45) is 0.851. The van der Waals surface area contributed by atoms with Crippen LogP contribution in [0.1, 0.15) is 16.7 Å². The Morgan fingerprint density at radius 3 is 2.15 bits per heavy atom. The summed E-state index contributed by atoms with van der Waals surface area (Å²) >= 11 is 5.44. The fraction of sp³-hybridized carbons (Fsp3) is 0.219. The van der Waals surface area contributed by atoms with Crippen molar-refractivity contribution in [2.24, 2.45) is 5.73 Å². The van der Waals surface area contributed by atoms with Crippen molar-refractivity contribution in [1.82, 2.24) is 10.6 Å². The molecule has 4 rings (SSSR count). The molecular formula is C32H35N3O3S. The van der Waals surface area contributed by atoms with Crippen molar-refractivity contribution < 1.29 is 14.2 Å². The van der Waals surface area contributed by atoms with Crippen molar-refractivity contribution in [2.75, 3.05) is 26.8 Å². The van der Waals surface area contributed by atoms with Crippen molar-refractivity contribution >= 4 is 17.3 Å². The Morgan fingerprint density at radius 2 is 1.44 bits per heavy atom. The van der Waals surface area contributed by atoms with E-state index >= 15 is 0 Å². The first-order valence-electron chi connectivity index (χ1n) is 13.0. The van der Waals surface area contributed by atoms with Gasteiger partial charge < -0.3 is 30.6 Å². The van der Waals surface area contributed by atoms with Gasteiger partial charge in [0.1, 0.15) is 19.0 Å². The minimum atomic E-state index is 0.446. The Kier molecular flexibility index (Phi) is 10.6. The molecule has 0 spiro atoms. The van der Waals surface area contributed by atoms with Crippen LogP contribution in [-0.2, 0) is 19.6 Å². The standard InChI is InChI=1S/C32H35N3O3S/c1-36-31-21-26(11-16-30(31)37-20-18-33)22-35-32(39)34-19-17-24-9-14-29(15-10-24)38-23-25-7-12-28(13-8-25)27-5-3-2-4-6-27/h2-16,21H,17-20,22-23,33H2,1H3,(H2,34,35,39). The molecule has 0 atom stereocenters. The maximum absolute atomic E-state index is 5.98. The molecule has 0 saturated heterocycles. The Morgan fingerprint density at radius 1 is 0.744 bits per heavy atom. The first-order valence-corrected chi connectivity index (χ1v) is 13.4. The number of rotatable bonds is 13. The van der Waals surface area contributed by atoms with Gasteiger partial charge in [-0.25, -0.2) is 0 Å². The van der Waals surface area contributed by atoms with Crippen LogP contribution in [0.5, 0.6) is 17.2 Å². The fourth-order valence-corrected chi connectivity index (χ4v) is 4.19. The van der Waals surface area contributed by atoms with E-state index in [9.17, 15) is 0 Å². The number of hydrogen-bond acceptors (Lipinski definition) is 5. The number of nitrogens with two attached hydrogens (primary N) is 1. The number of nitrogens with one attached hydrogen (secondary N) is 2. The van der Waals surface area contributed by atoms with Gasteiger partial charge in [-0.2, -0.15) is 0 Å². The van der Waals surface area contributed by atoms with E-state index in [-0.39, 0.29) is 0 Å². The van der Waals surface area contributed by atoms with Gasteiger partial charge in [0, 0.05) is 19.6 Å². The quantitative estimate of drug-likeness (QED) is 0.193. The normalized spacial score (nSPS) is 10.5. The number of methoxy groups -OCH3 is 1. The second-order valence-electron chi connectivity index (χ2n) is 8.98. The molecule has 0 bridgehead atoms. The first kappa shape index (κ1) is 28.0. The van der Waals surface area contributed by atoms with Gasteiger partial charge >= 0.3 is 0 Å². The van der Waals surface area contributed by atoms with Crippen LogP contribution in [0, 0.1) is 0 Å². The monoisotopic (exact) mass is 541 g/mol. The molecule has 0 amide bonds. The van der Waals surface area contributed by atoms with E-state index < -0.39 is 0 Å². The Balaban J connectivity index is 1.16. The molecule has 0 heterocycles. The first-order chi connectivity index (χ1) is 19.1. The zero-order valence-electron chi connectivity index (χ0n) is 22.2. The Hall–Kier alpha value is -4.07. The summed E-state index contributed by atoms with van der Waals surface area (Å²) in [7, 11) is 1.62. The highest BCUT2D eigenvalue weighted by Gasteiger charge is 2.06. The molecular weight excluding hydrogens is 506 g/mol. The second kappa shape index (κ2) is 14.8. The third kappa shape index (κ3) is 8.74. The molecule has 0 aliphatic rings. The minimum Gasteiger partial charge on any atom is -0.493 e. The minimum absolute atomic E-state index is 0.446. The summed E-state index contributed by atoms with van der Waals surface area (Å²) in [5, 5.41) is 7.11. The Bertz CT molecular complexity index is 1310. The van der Waals surface area contributed by atoms with Gasteiger partial charge in [-0.15, -0.1) is 0 Å². The van der Waals surface area contributed by atoms with Crippen LogP contribution in [-0.4, -0.2) is 31.9 Å². The van der Waals surface area contributed by atoms with Gasteiger partial charge in [0.15, 0.2) is 16.6 Å². The van der Waals surface area contributed by atoms with E-state index in [4.69, 9.17) is 32.2 Å². The SMILES string of the molecule is COc1cc(CNC(=S)NCCc2ccc(OCc3ccc(-c4ccccc4)cc3)cc2)ccc1OCCN. The zero-order valence-corrected chi connectivity index (χ0v) is 23.0. The van der Waals surface area contributed by atoms with Crippen LogP contribution in [0.25, 0.3) is 11.1 Å². The van der Waals surface area contributed by atoms with Crippen LogP contribution in [0.4, 0.5) is 0 Å². The average molecular weight is 542 g/mol. The van der Waals surface area contributed by atoms with Gasteiger partial charge in [-0.3, -0.25) is 0 Å². The van der Waals surface area contributed by atoms with E-state index in [0.717, 1.165) is 29.8 Å². The predicted molar refractivity (Wildman–Crippen MR) is 161 cm³/mol. The zero-order chi connectivity index (χ0) is 27.3. The van der Waals surface area contributed by atoms with Crippen LogP contribution in [0.3, 0.4) is 0 Å². The van der Waals surface area contributed by atoms with Gasteiger partial charge in [-0.05, 0) is 70.7 Å². The van der Waals surface area contributed by atoms with Crippen molar-refractivity contribution in [3.05, 3.63) is 114 Å². The van der Waals surface area contributed by atoms with E-state index in [1.54, 1.807) is 7.11 Å². The smallest absolute Gasteiger partial charge is 0.166 e. The maximum Gasteiger partial charge on any atom is 0.166 e. The molecule has 4 aromatic carbocycles. The molecule has 0 aromatic heterocycles. The summed E-state index contributed by atoms with van der Waals surface area (Å²) in [6.45, 7) is 2.75. The summed E-state index contributed by atoms with van der Waals surface area (Å²) in [4.78, 5) is 0. The van der Waals surface area contributed by atoms with E-state index in [1.165, 1.54) is 16.7 Å². The van der Waals surface area contributed by atoms with E-state index in [0.29, 0.717) is 42.9 Å². The van der Waals surface area contributed by atoms with Crippen LogP contribution < -0.4 is 30.6 Å². The highest BCUT2D eigenvalue weighted by Crippen LogP contribution is 2.28. The van der Waals surface area contributed by atoms with Gasteiger partial charge in [0.25, 0.3) is 0 Å². The lowest BCUT2D eigenvalue weighted by Crippen LogP contribution is -2.35. The van der Waals surface area contributed by atoms with Crippen LogP contribution in [0.15, 0.2) is 97.1 Å². The van der Waals surface area contributed by atoms with Crippen LogP contribution in [0.2, 0.25) is 0 Å². The molecule has 0 unspecified atom stereocenters. The van der Waals surface area contributed by atoms with Crippen LogP contribution >= 0.6 is 12.2 Å². The number of benzene rings is 4. The molecule has 0 saturated carbocycles. The molecule has 202 valence electrons. The maximum atomic E-state index is 5.98. The van der Waals surface area contributed by atoms with E-state index in [1.807, 2.05) is 36.4 Å². The lowest BCUT2D eigenvalue weighted by molar-refractivity contribution is 0.302. The second-order valence-corrected chi connectivity index (χ2v) is 9.39. The molecule has 0 aliphatic heterocycles. The highest BCUT2D eigenvalue weighted by molar-refractivity contribution is 7.80. The number of thiocarbonyl (C=S) groups is 1. The summed E-state index contributed by atoms with van der Waals surface area (Å²) < 4.78 is 17.0. The lowest BCUT2D eigenvalue weighted by Gasteiger charge is -2.14. The molecule has 0 fully saturated rings. The topological polar surface area (TPSA) is 77.8 Å². The third-order valence-electron chi connectivity index (χ3n) is 6.15. The van der Waals surface area contributed by atoms with Gasteiger partial charge in [-0.1, -0.05) is 72.8 Å². The fourth-order valence-electron chi connectivity index (χ4n) is 4.02. The molecule has 4 aromatic rings. The summed E-state index contributed by atoms with van der Waals surface area (Å²) in [5.41, 5.74) is 11.3. The van der Waals surface area contributed by atoms with Crippen molar-refractivity contribution in [2.45, 2.75) is 19.6 Å². The molecule has 7 heteroatoms.